The van der Waals surface area contributed by atoms with E-state index in [1.807, 2.05) is 30.9 Å². The van der Waals surface area contributed by atoms with Crippen LogP contribution in [0.15, 0.2) is 18.3 Å². The van der Waals surface area contributed by atoms with Gasteiger partial charge in [-0.3, -0.25) is 9.78 Å². The van der Waals surface area contributed by atoms with Crippen molar-refractivity contribution in [3.8, 4) is 0 Å². The van der Waals surface area contributed by atoms with Gasteiger partial charge in [0.15, 0.2) is 0 Å². The van der Waals surface area contributed by atoms with Crippen LogP contribution in [0.3, 0.4) is 0 Å². The minimum Gasteiger partial charge on any atom is -0.373 e. The second-order valence-electron chi connectivity index (χ2n) is 6.84. The largest absolute Gasteiger partial charge is 0.373 e. The first kappa shape index (κ1) is 17.6. The molecule has 24 heavy (non-hydrogen) atoms. The molecule has 1 saturated carbocycles. The Morgan fingerprint density at radius 3 is 2.88 bits per heavy atom. The van der Waals surface area contributed by atoms with Crippen molar-refractivity contribution >= 4 is 17.5 Å². The molecule has 0 radical (unpaired) electrons. The highest BCUT2D eigenvalue weighted by molar-refractivity contribution is 6.30. The number of hydrogen-bond acceptors (Lipinski definition) is 4. The zero-order valence-corrected chi connectivity index (χ0v) is 15.0. The Morgan fingerprint density at radius 1 is 1.38 bits per heavy atom. The van der Waals surface area contributed by atoms with Gasteiger partial charge in [-0.15, -0.1) is 0 Å². The third kappa shape index (κ3) is 4.08. The Balaban J connectivity index is 1.74. The summed E-state index contributed by atoms with van der Waals surface area (Å²) in [7, 11) is 0. The van der Waals surface area contributed by atoms with Crippen LogP contribution >= 0.6 is 11.6 Å². The lowest BCUT2D eigenvalue weighted by Crippen LogP contribution is -2.55. The van der Waals surface area contributed by atoms with Gasteiger partial charge in [0.2, 0.25) is 5.91 Å². The minimum absolute atomic E-state index is 0.0308. The maximum Gasteiger partial charge on any atom is 0.248 e. The molecule has 0 aromatic carbocycles. The maximum absolute atomic E-state index is 12.2. The second-order valence-corrected chi connectivity index (χ2v) is 7.28. The number of carbonyl (C=O) groups excluding carboxylic acids is 1. The van der Waals surface area contributed by atoms with E-state index in [-0.39, 0.29) is 30.8 Å². The molecule has 132 valence electrons. The number of nitrogens with zero attached hydrogens (tertiary/aromatic N) is 2. The average molecular weight is 353 g/mol. The van der Waals surface area contributed by atoms with Crippen LogP contribution < -0.4 is 0 Å². The highest BCUT2D eigenvalue weighted by Crippen LogP contribution is 2.36. The zero-order chi connectivity index (χ0) is 17.1. The normalized spacial score (nSPS) is 28.4. The van der Waals surface area contributed by atoms with Gasteiger partial charge >= 0.3 is 0 Å². The molecule has 3 rings (SSSR count). The Labute approximate surface area is 148 Å². The van der Waals surface area contributed by atoms with Crippen LogP contribution in [-0.2, 0) is 14.3 Å². The summed E-state index contributed by atoms with van der Waals surface area (Å²) in [4.78, 5) is 18.7. The summed E-state index contributed by atoms with van der Waals surface area (Å²) in [6, 6.07) is 4.02. The summed E-state index contributed by atoms with van der Waals surface area (Å²) in [6.07, 6.45) is 4.67. The Bertz CT molecular complexity index is 564. The number of morpholine rings is 1. The summed E-state index contributed by atoms with van der Waals surface area (Å²) in [6.45, 7) is 5.54. The molecular formula is C18H25ClN2O3. The molecule has 1 aliphatic heterocycles. The van der Waals surface area contributed by atoms with E-state index in [9.17, 15) is 4.79 Å². The third-order valence-corrected chi connectivity index (χ3v) is 5.02. The van der Waals surface area contributed by atoms with Gasteiger partial charge in [0, 0.05) is 24.4 Å². The summed E-state index contributed by atoms with van der Waals surface area (Å²) >= 11 is 5.95. The first-order valence-electron chi connectivity index (χ1n) is 8.68. The molecule has 1 aliphatic carbocycles. The lowest BCUT2D eigenvalue weighted by molar-refractivity contribution is -0.154. The standard InChI is InChI=1S/C18H25ClN2O3/c1-12(2)24-17-9-13(15-5-4-14(19)10-20-15)3-6-16(17)21-7-8-23-11-18(21)22/h4-5,10,12-13,16-17H,3,6-9,11H2,1-2H3. The van der Waals surface area contributed by atoms with E-state index in [1.54, 1.807) is 6.20 Å². The first-order valence-corrected chi connectivity index (χ1v) is 9.06. The predicted molar refractivity (Wildman–Crippen MR) is 92.2 cm³/mol. The van der Waals surface area contributed by atoms with Crippen LogP contribution in [0.1, 0.15) is 44.7 Å². The summed E-state index contributed by atoms with van der Waals surface area (Å²) in [5.74, 6) is 0.421. The number of hydrogen-bond donors (Lipinski definition) is 0. The van der Waals surface area contributed by atoms with Crippen LogP contribution in [0.25, 0.3) is 0 Å². The van der Waals surface area contributed by atoms with Gasteiger partial charge < -0.3 is 14.4 Å². The Kier molecular flexibility index (Phi) is 5.74. The predicted octanol–water partition coefficient (Wildman–Crippen LogP) is 3.02. The van der Waals surface area contributed by atoms with Crippen LogP contribution in [-0.4, -0.2) is 53.8 Å². The molecule has 2 fully saturated rings. The lowest BCUT2D eigenvalue weighted by Gasteiger charge is -2.44. The van der Waals surface area contributed by atoms with E-state index in [0.29, 0.717) is 24.1 Å². The van der Waals surface area contributed by atoms with Gasteiger partial charge in [-0.25, -0.2) is 0 Å². The number of pyridine rings is 1. The monoisotopic (exact) mass is 352 g/mol. The number of amides is 1. The van der Waals surface area contributed by atoms with Gasteiger partial charge in [-0.1, -0.05) is 11.6 Å². The van der Waals surface area contributed by atoms with Gasteiger partial charge in [-0.05, 0) is 45.2 Å². The molecule has 0 spiro atoms. The van der Waals surface area contributed by atoms with Crippen LogP contribution in [0.5, 0.6) is 0 Å². The summed E-state index contributed by atoms with van der Waals surface area (Å²) in [5, 5.41) is 0.654. The Hall–Kier alpha value is -1.17. The number of halogens is 1. The molecule has 3 atom stereocenters. The lowest BCUT2D eigenvalue weighted by atomic mass is 9.81. The van der Waals surface area contributed by atoms with Gasteiger partial charge in [0.05, 0.1) is 29.9 Å². The van der Waals surface area contributed by atoms with Crippen LogP contribution in [0, 0.1) is 0 Å². The molecule has 2 heterocycles. The third-order valence-electron chi connectivity index (χ3n) is 4.80. The number of aromatic nitrogens is 1. The fourth-order valence-electron chi connectivity index (χ4n) is 3.74. The minimum atomic E-state index is 0.0308. The first-order chi connectivity index (χ1) is 11.5. The highest BCUT2D eigenvalue weighted by atomic mass is 35.5. The number of ether oxygens (including phenoxy) is 2. The van der Waals surface area contributed by atoms with Crippen LogP contribution in [0.4, 0.5) is 0 Å². The van der Waals surface area contributed by atoms with Crippen molar-refractivity contribution < 1.29 is 14.3 Å². The van der Waals surface area contributed by atoms with E-state index in [1.165, 1.54) is 0 Å². The number of carbonyl (C=O) groups is 1. The number of rotatable bonds is 4. The molecule has 5 nitrogen and oxygen atoms in total. The molecule has 0 bridgehead atoms. The van der Waals surface area contributed by atoms with E-state index in [0.717, 1.165) is 25.0 Å². The van der Waals surface area contributed by atoms with Gasteiger partial charge in [-0.2, -0.15) is 0 Å². The zero-order valence-electron chi connectivity index (χ0n) is 14.3. The molecule has 1 amide bonds. The summed E-state index contributed by atoms with van der Waals surface area (Å²) in [5.41, 5.74) is 1.06. The maximum atomic E-state index is 12.2. The van der Waals surface area contributed by atoms with Gasteiger partial charge in [0.25, 0.3) is 0 Å². The van der Waals surface area contributed by atoms with Crippen molar-refractivity contribution in [2.75, 3.05) is 19.8 Å². The molecular weight excluding hydrogens is 328 g/mol. The fraction of sp³-hybridized carbons (Fsp3) is 0.667. The van der Waals surface area contributed by atoms with Crippen molar-refractivity contribution in [1.82, 2.24) is 9.88 Å². The SMILES string of the molecule is CC(C)OC1CC(c2ccc(Cl)cn2)CCC1N1CCOCC1=O. The van der Waals surface area contributed by atoms with E-state index in [4.69, 9.17) is 21.1 Å². The summed E-state index contributed by atoms with van der Waals surface area (Å²) < 4.78 is 11.5. The quantitative estimate of drug-likeness (QED) is 0.835. The van der Waals surface area contributed by atoms with E-state index < -0.39 is 0 Å². The smallest absolute Gasteiger partial charge is 0.248 e. The molecule has 1 aromatic heterocycles. The topological polar surface area (TPSA) is 51.7 Å². The van der Waals surface area contributed by atoms with Crippen molar-refractivity contribution in [3.05, 3.63) is 29.0 Å². The van der Waals surface area contributed by atoms with E-state index >= 15 is 0 Å². The molecule has 6 heteroatoms. The van der Waals surface area contributed by atoms with Crippen LogP contribution in [0.2, 0.25) is 5.02 Å². The second kappa shape index (κ2) is 7.81. The highest BCUT2D eigenvalue weighted by Gasteiger charge is 2.39. The fourth-order valence-corrected chi connectivity index (χ4v) is 3.86. The molecule has 0 N–H and O–H groups in total. The van der Waals surface area contributed by atoms with Crippen molar-refractivity contribution in [3.63, 3.8) is 0 Å². The van der Waals surface area contributed by atoms with Crippen molar-refractivity contribution in [2.45, 2.75) is 57.3 Å². The van der Waals surface area contributed by atoms with E-state index in [2.05, 4.69) is 4.98 Å². The van der Waals surface area contributed by atoms with Gasteiger partial charge in [0.1, 0.15) is 6.61 Å². The molecule has 1 aromatic rings. The van der Waals surface area contributed by atoms with Crippen molar-refractivity contribution in [2.24, 2.45) is 0 Å². The van der Waals surface area contributed by atoms with Crippen molar-refractivity contribution in [1.29, 1.82) is 0 Å². The molecule has 3 unspecified atom stereocenters. The molecule has 1 saturated heterocycles. The average Bonchev–Trinajstić information content (AvgIpc) is 2.56. The Morgan fingerprint density at radius 2 is 2.21 bits per heavy atom. The molecule has 2 aliphatic rings.